The summed E-state index contributed by atoms with van der Waals surface area (Å²) in [5.41, 5.74) is 4.54. The molecule has 1 aromatic carbocycles. The Hall–Kier alpha value is -3.06. The van der Waals surface area contributed by atoms with Crippen molar-refractivity contribution >= 4 is 34.2 Å². The maximum absolute atomic E-state index is 13.0. The molecule has 6 nitrogen and oxygen atoms in total. The number of benzene rings is 1. The van der Waals surface area contributed by atoms with Gasteiger partial charge in [0.1, 0.15) is 4.88 Å². The predicted molar refractivity (Wildman–Crippen MR) is 106 cm³/mol. The van der Waals surface area contributed by atoms with Crippen molar-refractivity contribution in [1.82, 2.24) is 19.1 Å². The molecular formula is C20H17N5OS. The summed E-state index contributed by atoms with van der Waals surface area (Å²) in [5, 5.41) is 8.06. The highest BCUT2D eigenvalue weighted by Gasteiger charge is 2.33. The minimum Gasteiger partial charge on any atom is -0.320 e. The van der Waals surface area contributed by atoms with Crippen molar-refractivity contribution in [1.29, 1.82) is 0 Å². The Labute approximate surface area is 160 Å². The summed E-state index contributed by atoms with van der Waals surface area (Å²) in [6.45, 7) is 0. The molecule has 0 atom stereocenters. The quantitative estimate of drug-likeness (QED) is 0.580. The van der Waals surface area contributed by atoms with Gasteiger partial charge in [-0.2, -0.15) is 9.47 Å². The SMILES string of the molecule is Cn1ncc2cc(NC(=O)c3snc(-c4ccccc4)c3C3CC3)cnc21. The lowest BCUT2D eigenvalue weighted by molar-refractivity contribution is 0.102. The van der Waals surface area contributed by atoms with E-state index in [1.807, 2.05) is 43.4 Å². The number of hydrogen-bond donors (Lipinski definition) is 1. The molecule has 5 rings (SSSR count). The zero-order valence-corrected chi connectivity index (χ0v) is 15.5. The van der Waals surface area contributed by atoms with Crippen molar-refractivity contribution in [3.8, 4) is 11.3 Å². The number of fused-ring (bicyclic) bond motifs is 1. The van der Waals surface area contributed by atoms with Crippen LogP contribution in [0.3, 0.4) is 0 Å². The topological polar surface area (TPSA) is 72.7 Å². The molecular weight excluding hydrogens is 358 g/mol. The predicted octanol–water partition coefficient (Wildman–Crippen LogP) is 4.22. The molecule has 3 heterocycles. The monoisotopic (exact) mass is 375 g/mol. The van der Waals surface area contributed by atoms with E-state index in [2.05, 4.69) is 19.8 Å². The number of carbonyl (C=O) groups excluding carboxylic acids is 1. The van der Waals surface area contributed by atoms with Gasteiger partial charge in [0.25, 0.3) is 5.91 Å². The maximum Gasteiger partial charge on any atom is 0.267 e. The Morgan fingerprint density at radius 1 is 1.22 bits per heavy atom. The molecule has 27 heavy (non-hydrogen) atoms. The van der Waals surface area contributed by atoms with E-state index in [0.717, 1.165) is 40.7 Å². The smallest absolute Gasteiger partial charge is 0.267 e. The first-order valence-corrected chi connectivity index (χ1v) is 9.62. The Balaban J connectivity index is 1.48. The summed E-state index contributed by atoms with van der Waals surface area (Å²) < 4.78 is 6.33. The molecule has 0 bridgehead atoms. The standard InChI is InChI=1S/C20H17N5OS/c1-25-19-14(10-22-25)9-15(11-21-19)23-20(26)18-16(12-7-8-12)17(24-27-18)13-5-3-2-4-6-13/h2-6,9-12H,7-8H2,1H3,(H,23,26). The van der Waals surface area contributed by atoms with Crippen LogP contribution in [-0.2, 0) is 7.05 Å². The first-order valence-electron chi connectivity index (χ1n) is 8.85. The molecule has 0 unspecified atom stereocenters. The van der Waals surface area contributed by atoms with Crippen LogP contribution in [0.4, 0.5) is 5.69 Å². The van der Waals surface area contributed by atoms with Crippen molar-refractivity contribution in [2.45, 2.75) is 18.8 Å². The second-order valence-corrected chi connectivity index (χ2v) is 7.55. The molecule has 134 valence electrons. The van der Waals surface area contributed by atoms with E-state index in [0.29, 0.717) is 16.5 Å². The molecule has 7 heteroatoms. The molecule has 1 aliphatic rings. The third-order valence-corrected chi connectivity index (χ3v) is 5.66. The second-order valence-electron chi connectivity index (χ2n) is 6.77. The second kappa shape index (κ2) is 6.28. The number of anilines is 1. The van der Waals surface area contributed by atoms with Crippen molar-refractivity contribution in [3.63, 3.8) is 0 Å². The third kappa shape index (κ3) is 2.90. The Morgan fingerprint density at radius 3 is 2.81 bits per heavy atom. The molecule has 3 aromatic heterocycles. The summed E-state index contributed by atoms with van der Waals surface area (Å²) in [6.07, 6.45) is 5.63. The normalized spacial score (nSPS) is 13.8. The lowest BCUT2D eigenvalue weighted by Gasteiger charge is -2.07. The zero-order chi connectivity index (χ0) is 18.4. The van der Waals surface area contributed by atoms with Crippen LogP contribution < -0.4 is 5.32 Å². The van der Waals surface area contributed by atoms with Crippen LogP contribution in [-0.4, -0.2) is 25.0 Å². The highest BCUT2D eigenvalue weighted by Crippen LogP contribution is 2.47. The number of pyridine rings is 1. The van der Waals surface area contributed by atoms with Crippen LogP contribution >= 0.6 is 11.5 Å². The van der Waals surface area contributed by atoms with Gasteiger partial charge in [0.15, 0.2) is 5.65 Å². The average Bonchev–Trinajstić information content (AvgIpc) is 3.33. The van der Waals surface area contributed by atoms with Gasteiger partial charge in [-0.1, -0.05) is 30.3 Å². The number of rotatable bonds is 4. The third-order valence-electron chi connectivity index (χ3n) is 4.80. The highest BCUT2D eigenvalue weighted by atomic mass is 32.1. The number of carbonyl (C=O) groups is 1. The number of hydrogen-bond acceptors (Lipinski definition) is 5. The van der Waals surface area contributed by atoms with E-state index in [4.69, 9.17) is 0 Å². The maximum atomic E-state index is 13.0. The fourth-order valence-electron chi connectivity index (χ4n) is 3.32. The molecule has 0 aliphatic heterocycles. The number of nitrogens with zero attached hydrogens (tertiary/aromatic N) is 4. The van der Waals surface area contributed by atoms with Crippen LogP contribution in [0.15, 0.2) is 48.8 Å². The van der Waals surface area contributed by atoms with Crippen molar-refractivity contribution in [2.24, 2.45) is 7.05 Å². The van der Waals surface area contributed by atoms with E-state index < -0.39 is 0 Å². The van der Waals surface area contributed by atoms with Crippen LogP contribution in [0.5, 0.6) is 0 Å². The van der Waals surface area contributed by atoms with E-state index in [1.54, 1.807) is 17.1 Å². The van der Waals surface area contributed by atoms with Gasteiger partial charge in [0.05, 0.1) is 23.8 Å². The summed E-state index contributed by atoms with van der Waals surface area (Å²) in [5.74, 6) is 0.306. The molecule has 1 saturated carbocycles. The molecule has 1 amide bonds. The van der Waals surface area contributed by atoms with Gasteiger partial charge in [-0.3, -0.25) is 9.48 Å². The number of aromatic nitrogens is 4. The van der Waals surface area contributed by atoms with E-state index >= 15 is 0 Å². The number of amides is 1. The van der Waals surface area contributed by atoms with Crippen LogP contribution in [0, 0.1) is 0 Å². The van der Waals surface area contributed by atoms with Gasteiger partial charge in [-0.15, -0.1) is 0 Å². The molecule has 1 N–H and O–H groups in total. The minimum atomic E-state index is -0.123. The largest absolute Gasteiger partial charge is 0.320 e. The zero-order valence-electron chi connectivity index (χ0n) is 14.7. The molecule has 0 radical (unpaired) electrons. The van der Waals surface area contributed by atoms with E-state index in [1.165, 1.54) is 11.5 Å². The first-order chi connectivity index (χ1) is 13.2. The van der Waals surface area contributed by atoms with Gasteiger partial charge >= 0.3 is 0 Å². The van der Waals surface area contributed by atoms with Gasteiger partial charge < -0.3 is 5.32 Å². The lowest BCUT2D eigenvalue weighted by Crippen LogP contribution is -2.12. The summed E-state index contributed by atoms with van der Waals surface area (Å²) in [7, 11) is 1.85. The summed E-state index contributed by atoms with van der Waals surface area (Å²) in [4.78, 5) is 18.0. The summed E-state index contributed by atoms with van der Waals surface area (Å²) >= 11 is 1.28. The minimum absolute atomic E-state index is 0.123. The number of aryl methyl sites for hydroxylation is 1. The van der Waals surface area contributed by atoms with Gasteiger partial charge in [-0.25, -0.2) is 4.98 Å². The fourth-order valence-corrected chi connectivity index (χ4v) is 4.20. The molecule has 0 saturated heterocycles. The average molecular weight is 375 g/mol. The van der Waals surface area contributed by atoms with Gasteiger partial charge in [-0.05, 0) is 36.4 Å². The Morgan fingerprint density at radius 2 is 2.04 bits per heavy atom. The van der Waals surface area contributed by atoms with Crippen molar-refractivity contribution in [2.75, 3.05) is 5.32 Å². The molecule has 4 aromatic rings. The highest BCUT2D eigenvalue weighted by molar-refractivity contribution is 7.08. The summed E-state index contributed by atoms with van der Waals surface area (Å²) in [6, 6.07) is 12.0. The Bertz CT molecular complexity index is 1140. The molecule has 0 spiro atoms. The van der Waals surface area contributed by atoms with Gasteiger partial charge in [0, 0.05) is 23.6 Å². The van der Waals surface area contributed by atoms with Crippen molar-refractivity contribution < 1.29 is 4.79 Å². The van der Waals surface area contributed by atoms with Crippen LogP contribution in [0.25, 0.3) is 22.3 Å². The Kier molecular flexibility index (Phi) is 3.75. The van der Waals surface area contributed by atoms with Crippen molar-refractivity contribution in [3.05, 3.63) is 59.2 Å². The van der Waals surface area contributed by atoms with Gasteiger partial charge in [0.2, 0.25) is 0 Å². The van der Waals surface area contributed by atoms with E-state index in [9.17, 15) is 4.79 Å². The lowest BCUT2D eigenvalue weighted by atomic mass is 10.0. The van der Waals surface area contributed by atoms with Crippen LogP contribution in [0.1, 0.15) is 34.0 Å². The molecule has 1 fully saturated rings. The first kappa shape index (κ1) is 16.1. The van der Waals surface area contributed by atoms with Crippen LogP contribution in [0.2, 0.25) is 0 Å². The molecule has 1 aliphatic carbocycles. The van der Waals surface area contributed by atoms with E-state index in [-0.39, 0.29) is 5.91 Å². The fraction of sp³-hybridized carbons (Fsp3) is 0.200. The number of nitrogens with one attached hydrogen (secondary N) is 1.